The fraction of sp³-hybridized carbons (Fsp3) is 0.160. The van der Waals surface area contributed by atoms with Gasteiger partial charge in [0.15, 0.2) is 0 Å². The van der Waals surface area contributed by atoms with Gasteiger partial charge in [0.2, 0.25) is 0 Å². The number of hydrogen-bond donors (Lipinski definition) is 0. The van der Waals surface area contributed by atoms with E-state index in [1.165, 1.54) is 28.2 Å². The van der Waals surface area contributed by atoms with Gasteiger partial charge in [-0.15, -0.1) is 0 Å². The number of benzene rings is 1. The van der Waals surface area contributed by atoms with Crippen LogP contribution in [-0.2, 0) is 0 Å². The lowest BCUT2D eigenvalue weighted by Crippen LogP contribution is -2.17. The third-order valence-electron chi connectivity index (χ3n) is 5.35. The standard InChI is InChI=1S/C25H26N4/c1-18-6-7-22-17-24(27(4)5)8-9-25(22)28(18)15-12-21-16-19(2)29(20(21)3)23-10-13-26-14-11-23/h6-17H,1H2,2-5H3/b15-12+. The van der Waals surface area contributed by atoms with E-state index in [1.807, 2.05) is 24.5 Å². The molecule has 0 radical (unpaired) electrons. The maximum atomic E-state index is 4.22. The number of fused-ring (bicyclic) bond motifs is 1. The smallest absolute Gasteiger partial charge is 0.0529 e. The number of anilines is 2. The highest BCUT2D eigenvalue weighted by Crippen LogP contribution is 2.34. The lowest BCUT2D eigenvalue weighted by atomic mass is 10.1. The van der Waals surface area contributed by atoms with E-state index in [0.29, 0.717) is 0 Å². The minimum atomic E-state index is 0.953. The Labute approximate surface area is 172 Å². The van der Waals surface area contributed by atoms with E-state index in [9.17, 15) is 0 Å². The molecule has 0 saturated heterocycles. The van der Waals surface area contributed by atoms with Gasteiger partial charge in [0.1, 0.15) is 0 Å². The van der Waals surface area contributed by atoms with E-state index >= 15 is 0 Å². The zero-order valence-corrected chi connectivity index (χ0v) is 17.4. The Hall–Kier alpha value is -3.53. The largest absolute Gasteiger partial charge is 0.378 e. The molecule has 29 heavy (non-hydrogen) atoms. The van der Waals surface area contributed by atoms with Crippen LogP contribution in [0.5, 0.6) is 0 Å². The van der Waals surface area contributed by atoms with E-state index in [2.05, 4.69) is 103 Å². The van der Waals surface area contributed by atoms with Crippen molar-refractivity contribution in [1.29, 1.82) is 0 Å². The predicted molar refractivity (Wildman–Crippen MR) is 123 cm³/mol. The van der Waals surface area contributed by atoms with Gasteiger partial charge >= 0.3 is 0 Å². The molecule has 3 heterocycles. The van der Waals surface area contributed by atoms with Crippen LogP contribution in [0, 0.1) is 13.8 Å². The Morgan fingerprint density at radius 3 is 2.48 bits per heavy atom. The summed E-state index contributed by atoms with van der Waals surface area (Å²) in [5, 5.41) is 0. The second-order valence-corrected chi connectivity index (χ2v) is 7.52. The third kappa shape index (κ3) is 3.49. The molecular weight excluding hydrogens is 356 g/mol. The molecule has 1 aliphatic heterocycles. The van der Waals surface area contributed by atoms with E-state index in [-0.39, 0.29) is 0 Å². The molecule has 146 valence electrons. The molecule has 0 fully saturated rings. The average molecular weight is 383 g/mol. The van der Waals surface area contributed by atoms with Crippen molar-refractivity contribution in [3.63, 3.8) is 0 Å². The van der Waals surface area contributed by atoms with Crippen molar-refractivity contribution in [2.45, 2.75) is 13.8 Å². The van der Waals surface area contributed by atoms with Gasteiger partial charge in [-0.3, -0.25) is 4.98 Å². The normalized spacial score (nSPS) is 13.2. The van der Waals surface area contributed by atoms with E-state index in [4.69, 9.17) is 0 Å². The number of hydrogen-bond acceptors (Lipinski definition) is 3. The molecule has 4 rings (SSSR count). The summed E-state index contributed by atoms with van der Waals surface area (Å²) in [4.78, 5) is 8.39. The van der Waals surface area contributed by atoms with Gasteiger partial charge in [0.25, 0.3) is 0 Å². The average Bonchev–Trinajstić information content (AvgIpc) is 3.00. The highest BCUT2D eigenvalue weighted by Gasteiger charge is 2.16. The fourth-order valence-electron chi connectivity index (χ4n) is 3.77. The van der Waals surface area contributed by atoms with Gasteiger partial charge in [0, 0.05) is 66.7 Å². The number of pyridine rings is 1. The molecule has 0 aliphatic carbocycles. The molecule has 4 nitrogen and oxygen atoms in total. The van der Waals surface area contributed by atoms with Gasteiger partial charge in [0.05, 0.1) is 5.69 Å². The van der Waals surface area contributed by atoms with Gasteiger partial charge < -0.3 is 14.4 Å². The van der Waals surface area contributed by atoms with Crippen LogP contribution < -0.4 is 9.80 Å². The molecule has 0 bridgehead atoms. The lowest BCUT2D eigenvalue weighted by molar-refractivity contribution is 0.960. The summed E-state index contributed by atoms with van der Waals surface area (Å²) < 4.78 is 2.25. The molecule has 0 spiro atoms. The van der Waals surface area contributed by atoms with Crippen LogP contribution in [0.15, 0.2) is 73.3 Å². The maximum absolute atomic E-state index is 4.22. The summed E-state index contributed by atoms with van der Waals surface area (Å²) in [6, 6.07) is 12.8. The first kappa shape index (κ1) is 18.8. The highest BCUT2D eigenvalue weighted by molar-refractivity contribution is 5.81. The monoisotopic (exact) mass is 382 g/mol. The van der Waals surface area contributed by atoms with Crippen LogP contribution in [0.3, 0.4) is 0 Å². The number of allylic oxidation sites excluding steroid dienone is 1. The summed E-state index contributed by atoms with van der Waals surface area (Å²) in [6.07, 6.45) is 12.1. The molecule has 0 atom stereocenters. The number of aryl methyl sites for hydroxylation is 1. The molecule has 3 aromatic rings. The summed E-state index contributed by atoms with van der Waals surface area (Å²) in [5.41, 5.74) is 9.18. The summed E-state index contributed by atoms with van der Waals surface area (Å²) in [6.45, 7) is 8.50. The molecule has 0 unspecified atom stereocenters. The van der Waals surface area contributed by atoms with Crippen molar-refractivity contribution in [2.75, 3.05) is 23.9 Å². The molecule has 1 aromatic carbocycles. The molecule has 1 aliphatic rings. The Morgan fingerprint density at radius 1 is 1.00 bits per heavy atom. The van der Waals surface area contributed by atoms with Gasteiger partial charge in [-0.25, -0.2) is 0 Å². The first-order chi connectivity index (χ1) is 14.0. The molecule has 0 saturated carbocycles. The second-order valence-electron chi connectivity index (χ2n) is 7.52. The topological polar surface area (TPSA) is 24.3 Å². The fourth-order valence-corrected chi connectivity index (χ4v) is 3.77. The summed E-state index contributed by atoms with van der Waals surface area (Å²) >= 11 is 0. The van der Waals surface area contributed by atoms with Crippen molar-refractivity contribution in [3.8, 4) is 5.69 Å². The van der Waals surface area contributed by atoms with Crippen LogP contribution in [0.1, 0.15) is 22.5 Å². The van der Waals surface area contributed by atoms with Crippen LogP contribution in [0.4, 0.5) is 11.4 Å². The number of aromatic nitrogens is 2. The van der Waals surface area contributed by atoms with Crippen LogP contribution in [0.2, 0.25) is 0 Å². The SMILES string of the molecule is C=C1C=Cc2cc(N(C)C)ccc2N1/C=C/c1cc(C)n(-c2ccncc2)c1C. The Bertz CT molecular complexity index is 1120. The van der Waals surface area contributed by atoms with Crippen LogP contribution in [-0.4, -0.2) is 23.6 Å². The van der Waals surface area contributed by atoms with E-state index < -0.39 is 0 Å². The maximum Gasteiger partial charge on any atom is 0.0529 e. The van der Waals surface area contributed by atoms with Gasteiger partial charge in [-0.1, -0.05) is 12.7 Å². The van der Waals surface area contributed by atoms with Crippen molar-refractivity contribution < 1.29 is 0 Å². The minimum absolute atomic E-state index is 0.953. The van der Waals surface area contributed by atoms with Gasteiger partial charge in [-0.2, -0.15) is 0 Å². The first-order valence-corrected chi connectivity index (χ1v) is 9.71. The van der Waals surface area contributed by atoms with Crippen molar-refractivity contribution in [3.05, 3.63) is 95.9 Å². The Kier molecular flexibility index (Phi) is 4.85. The summed E-state index contributed by atoms with van der Waals surface area (Å²) in [7, 11) is 4.12. The van der Waals surface area contributed by atoms with E-state index in [0.717, 1.165) is 17.1 Å². The second kappa shape index (κ2) is 7.47. The predicted octanol–water partition coefficient (Wildman–Crippen LogP) is 5.57. The minimum Gasteiger partial charge on any atom is -0.378 e. The Morgan fingerprint density at radius 2 is 1.76 bits per heavy atom. The number of nitrogens with zero attached hydrogens (tertiary/aromatic N) is 4. The quantitative estimate of drug-likeness (QED) is 0.589. The van der Waals surface area contributed by atoms with E-state index in [1.54, 1.807) is 0 Å². The molecule has 0 N–H and O–H groups in total. The van der Waals surface area contributed by atoms with Crippen molar-refractivity contribution >= 4 is 23.5 Å². The zero-order chi connectivity index (χ0) is 20.5. The van der Waals surface area contributed by atoms with Crippen LogP contribution in [0.25, 0.3) is 17.8 Å². The molecular formula is C25H26N4. The number of rotatable bonds is 4. The zero-order valence-electron chi connectivity index (χ0n) is 17.4. The summed E-state index contributed by atoms with van der Waals surface area (Å²) in [5.74, 6) is 0. The van der Waals surface area contributed by atoms with Crippen LogP contribution >= 0.6 is 0 Å². The highest BCUT2D eigenvalue weighted by atomic mass is 15.1. The van der Waals surface area contributed by atoms with Crippen molar-refractivity contribution in [2.24, 2.45) is 0 Å². The molecule has 0 amide bonds. The third-order valence-corrected chi connectivity index (χ3v) is 5.35. The lowest BCUT2D eigenvalue weighted by Gasteiger charge is -2.27. The molecule has 2 aromatic heterocycles. The Balaban J connectivity index is 1.69. The first-order valence-electron chi connectivity index (χ1n) is 9.71. The molecule has 4 heteroatoms. The van der Waals surface area contributed by atoms with Gasteiger partial charge in [-0.05, 0) is 68.0 Å². The van der Waals surface area contributed by atoms with Crippen molar-refractivity contribution in [1.82, 2.24) is 9.55 Å².